The predicted octanol–water partition coefficient (Wildman–Crippen LogP) is 2.63. The van der Waals surface area contributed by atoms with E-state index in [0.717, 1.165) is 12.0 Å². The van der Waals surface area contributed by atoms with E-state index in [1.165, 1.54) is 12.1 Å². The van der Waals surface area contributed by atoms with E-state index in [4.69, 9.17) is 9.84 Å². The van der Waals surface area contributed by atoms with E-state index in [0.29, 0.717) is 12.1 Å². The van der Waals surface area contributed by atoms with Crippen LogP contribution in [0.4, 0.5) is 5.69 Å². The van der Waals surface area contributed by atoms with Gasteiger partial charge in [-0.2, -0.15) is 0 Å². The number of nitro benzene ring substituents is 1. The minimum absolute atomic E-state index is 0.0756. The Labute approximate surface area is 168 Å². The van der Waals surface area contributed by atoms with Crippen LogP contribution in [-0.2, 0) is 17.6 Å². The first-order valence-corrected chi connectivity index (χ1v) is 9.36. The van der Waals surface area contributed by atoms with Crippen molar-refractivity contribution in [3.05, 3.63) is 69.3 Å². The monoisotopic (exact) mass is 400 g/mol. The molecule has 0 bridgehead atoms. The molecule has 2 atom stereocenters. The first-order valence-electron chi connectivity index (χ1n) is 9.36. The van der Waals surface area contributed by atoms with E-state index in [2.05, 4.69) is 5.32 Å². The van der Waals surface area contributed by atoms with Gasteiger partial charge in [0.2, 0.25) is 0 Å². The summed E-state index contributed by atoms with van der Waals surface area (Å²) in [5.41, 5.74) is 0.454. The molecule has 0 saturated heterocycles. The van der Waals surface area contributed by atoms with Crippen LogP contribution in [0.2, 0.25) is 0 Å². The Hall–Kier alpha value is -2.97. The van der Waals surface area contributed by atoms with Gasteiger partial charge in [-0.1, -0.05) is 30.3 Å². The van der Waals surface area contributed by atoms with Crippen molar-refractivity contribution in [1.82, 2.24) is 5.32 Å². The van der Waals surface area contributed by atoms with Crippen LogP contribution < -0.4 is 10.1 Å². The van der Waals surface area contributed by atoms with Gasteiger partial charge in [-0.15, -0.1) is 0 Å². The van der Waals surface area contributed by atoms with Crippen molar-refractivity contribution in [3.8, 4) is 5.75 Å². The fourth-order valence-corrected chi connectivity index (χ4v) is 3.59. The molecule has 2 aromatic rings. The maximum Gasteiger partial charge on any atom is 0.308 e. The number of hydrogen-bond acceptors (Lipinski definition) is 6. The number of benzene rings is 2. The molecule has 8 heteroatoms. The maximum atomic E-state index is 11.4. The zero-order valence-electron chi connectivity index (χ0n) is 16.3. The number of nitro groups is 1. The number of aliphatic hydroxyl groups is 1. The second-order valence-electron chi connectivity index (χ2n) is 7.66. The number of carboxylic acids is 1. The minimum Gasteiger partial charge on any atom is -0.484 e. The van der Waals surface area contributed by atoms with Gasteiger partial charge < -0.3 is 20.3 Å². The summed E-state index contributed by atoms with van der Waals surface area (Å²) in [6.45, 7) is 3.99. The van der Waals surface area contributed by atoms with Crippen LogP contribution in [0.1, 0.15) is 36.6 Å². The second kappa shape index (κ2) is 8.18. The second-order valence-corrected chi connectivity index (χ2v) is 7.66. The molecule has 29 heavy (non-hydrogen) atoms. The molecule has 0 radical (unpaired) electrons. The Morgan fingerprint density at radius 1 is 1.28 bits per heavy atom. The standard InChI is InChI=1S/C21H24N2O6/c1-21(2)20(26)19(22-9-8-13-6-4-3-5-7-13)15-10-14(11-18(24)25)16(23(27)28)12-17(15)29-21/h3-7,10,12,19-20,22,26H,8-9,11H2,1-2H3,(H,24,25). The fraction of sp³-hybridized carbons (Fsp3) is 0.381. The van der Waals surface area contributed by atoms with Gasteiger partial charge >= 0.3 is 5.97 Å². The van der Waals surface area contributed by atoms with Gasteiger partial charge in [0, 0.05) is 11.1 Å². The van der Waals surface area contributed by atoms with Gasteiger partial charge in [-0.05, 0) is 38.4 Å². The fourth-order valence-electron chi connectivity index (χ4n) is 3.59. The van der Waals surface area contributed by atoms with E-state index in [1.54, 1.807) is 13.8 Å². The number of nitrogens with one attached hydrogen (secondary N) is 1. The third-order valence-electron chi connectivity index (χ3n) is 5.11. The van der Waals surface area contributed by atoms with Crippen LogP contribution in [0, 0.1) is 10.1 Å². The van der Waals surface area contributed by atoms with Crippen molar-refractivity contribution in [2.75, 3.05) is 6.54 Å². The van der Waals surface area contributed by atoms with Gasteiger partial charge in [0.15, 0.2) is 0 Å². The molecule has 2 unspecified atom stereocenters. The summed E-state index contributed by atoms with van der Waals surface area (Å²) in [6, 6.07) is 12.0. The van der Waals surface area contributed by atoms with Crippen molar-refractivity contribution in [1.29, 1.82) is 0 Å². The minimum atomic E-state index is -1.17. The molecule has 154 valence electrons. The zero-order valence-corrected chi connectivity index (χ0v) is 16.3. The number of carbonyl (C=O) groups is 1. The topological polar surface area (TPSA) is 122 Å². The zero-order chi connectivity index (χ0) is 21.2. The molecule has 8 nitrogen and oxygen atoms in total. The molecule has 1 aliphatic rings. The van der Waals surface area contributed by atoms with Crippen LogP contribution in [0.25, 0.3) is 0 Å². The molecule has 2 aromatic carbocycles. The first-order chi connectivity index (χ1) is 13.7. The molecule has 0 spiro atoms. The Morgan fingerprint density at radius 3 is 2.59 bits per heavy atom. The van der Waals surface area contributed by atoms with Gasteiger partial charge in [0.1, 0.15) is 17.5 Å². The smallest absolute Gasteiger partial charge is 0.308 e. The molecule has 0 aliphatic carbocycles. The summed E-state index contributed by atoms with van der Waals surface area (Å²) < 4.78 is 5.84. The van der Waals surface area contributed by atoms with Crippen molar-refractivity contribution < 1.29 is 24.7 Å². The molecule has 3 rings (SSSR count). The Balaban J connectivity index is 1.93. The SMILES string of the molecule is CC1(C)Oc2cc([N+](=O)[O-])c(CC(=O)O)cc2C(NCCc2ccccc2)C1O. The number of rotatable bonds is 7. The average Bonchev–Trinajstić information content (AvgIpc) is 2.65. The summed E-state index contributed by atoms with van der Waals surface area (Å²) in [7, 11) is 0. The largest absolute Gasteiger partial charge is 0.484 e. The molecule has 0 aromatic heterocycles. The normalized spacial score (nSPS) is 19.8. The number of fused-ring (bicyclic) bond motifs is 1. The Morgan fingerprint density at radius 2 is 1.97 bits per heavy atom. The number of hydrogen-bond donors (Lipinski definition) is 3. The molecule has 0 fully saturated rings. The summed E-state index contributed by atoms with van der Waals surface area (Å²) in [5, 5.41) is 34.7. The Kier molecular flexibility index (Phi) is 5.86. The quantitative estimate of drug-likeness (QED) is 0.482. The molecule has 1 heterocycles. The van der Waals surface area contributed by atoms with Crippen LogP contribution >= 0.6 is 0 Å². The van der Waals surface area contributed by atoms with Crippen molar-refractivity contribution in [2.45, 2.75) is 44.4 Å². The summed E-state index contributed by atoms with van der Waals surface area (Å²) in [6.07, 6.45) is -0.681. The van der Waals surface area contributed by atoms with Gasteiger partial charge in [0.25, 0.3) is 5.69 Å². The van der Waals surface area contributed by atoms with E-state index < -0.39 is 35.1 Å². The molecular formula is C21H24N2O6. The van der Waals surface area contributed by atoms with E-state index in [1.807, 2.05) is 30.3 Å². The van der Waals surface area contributed by atoms with E-state index in [-0.39, 0.29) is 17.0 Å². The number of carboxylic acid groups (broad SMARTS) is 1. The molecule has 0 saturated carbocycles. The lowest BCUT2D eigenvalue weighted by Crippen LogP contribution is -2.52. The van der Waals surface area contributed by atoms with Crippen molar-refractivity contribution in [2.24, 2.45) is 0 Å². The van der Waals surface area contributed by atoms with Crippen molar-refractivity contribution >= 4 is 11.7 Å². The lowest BCUT2D eigenvalue weighted by atomic mass is 9.85. The number of aliphatic hydroxyl groups excluding tert-OH is 1. The third kappa shape index (κ3) is 4.55. The van der Waals surface area contributed by atoms with Crippen LogP contribution in [0.15, 0.2) is 42.5 Å². The van der Waals surface area contributed by atoms with Crippen LogP contribution in [-0.4, -0.2) is 39.4 Å². The highest BCUT2D eigenvalue weighted by molar-refractivity contribution is 5.73. The lowest BCUT2D eigenvalue weighted by molar-refractivity contribution is -0.385. The van der Waals surface area contributed by atoms with E-state index in [9.17, 15) is 20.0 Å². The highest BCUT2D eigenvalue weighted by Crippen LogP contribution is 2.43. The van der Waals surface area contributed by atoms with Gasteiger partial charge in [0.05, 0.1) is 23.5 Å². The van der Waals surface area contributed by atoms with Crippen LogP contribution in [0.5, 0.6) is 5.75 Å². The number of aliphatic carboxylic acids is 1. The molecule has 0 amide bonds. The lowest BCUT2D eigenvalue weighted by Gasteiger charge is -2.42. The molecular weight excluding hydrogens is 376 g/mol. The summed E-state index contributed by atoms with van der Waals surface area (Å²) in [5.74, 6) is -0.891. The molecule has 1 aliphatic heterocycles. The average molecular weight is 400 g/mol. The highest BCUT2D eigenvalue weighted by Gasteiger charge is 2.43. The summed E-state index contributed by atoms with van der Waals surface area (Å²) in [4.78, 5) is 22.0. The first kappa shape index (κ1) is 20.8. The number of ether oxygens (including phenoxy) is 1. The Bertz CT molecular complexity index is 913. The highest BCUT2D eigenvalue weighted by atomic mass is 16.6. The molecule has 3 N–H and O–H groups in total. The van der Waals surface area contributed by atoms with Crippen molar-refractivity contribution in [3.63, 3.8) is 0 Å². The summed E-state index contributed by atoms with van der Waals surface area (Å²) >= 11 is 0. The van der Waals surface area contributed by atoms with E-state index >= 15 is 0 Å². The predicted molar refractivity (Wildman–Crippen MR) is 106 cm³/mol. The van der Waals surface area contributed by atoms with Gasteiger partial charge in [-0.25, -0.2) is 0 Å². The number of nitrogens with zero attached hydrogens (tertiary/aromatic N) is 1. The maximum absolute atomic E-state index is 11.4. The van der Waals surface area contributed by atoms with Crippen LogP contribution in [0.3, 0.4) is 0 Å². The third-order valence-corrected chi connectivity index (χ3v) is 5.11. The van der Waals surface area contributed by atoms with Gasteiger partial charge in [-0.3, -0.25) is 14.9 Å².